The summed E-state index contributed by atoms with van der Waals surface area (Å²) in [6, 6.07) is 0.593. The molecule has 0 aliphatic heterocycles. The Labute approximate surface area is 50.4 Å². The van der Waals surface area contributed by atoms with E-state index in [2.05, 4.69) is 12.3 Å². The smallest absolute Gasteiger partial charge is 0.0236 e. The van der Waals surface area contributed by atoms with E-state index in [1.54, 1.807) is 0 Å². The summed E-state index contributed by atoms with van der Waals surface area (Å²) in [7, 11) is 0. The molecule has 0 heterocycles. The lowest BCUT2D eigenvalue weighted by Gasteiger charge is -2.11. The van der Waals surface area contributed by atoms with Crippen LogP contribution >= 0.6 is 0 Å². The molecule has 0 aromatic carbocycles. The van der Waals surface area contributed by atoms with Crippen LogP contribution in [0.5, 0.6) is 0 Å². The molecule has 3 N–H and O–H groups in total. The third-order valence-corrected chi connectivity index (χ3v) is 2.08. The fourth-order valence-corrected chi connectivity index (χ4v) is 1.39. The minimum absolute atomic E-state index is 0.593. The molecule has 1 saturated carbocycles. The zero-order valence-corrected chi connectivity index (χ0v) is 5.35. The number of hydrazine groups is 1. The molecule has 48 valence electrons. The number of nitrogens with one attached hydrogen (secondary N) is 1. The molecule has 0 aromatic heterocycles. The zero-order valence-electron chi connectivity index (χ0n) is 5.35. The first kappa shape index (κ1) is 6.05. The minimum Gasteiger partial charge on any atom is -0.271 e. The fraction of sp³-hybridized carbons (Fsp3) is 1.00. The number of hydrogen-bond acceptors (Lipinski definition) is 2. The van der Waals surface area contributed by atoms with E-state index in [-0.39, 0.29) is 0 Å². The van der Waals surface area contributed by atoms with Gasteiger partial charge in [0.15, 0.2) is 0 Å². The molecule has 0 unspecified atom stereocenters. The van der Waals surface area contributed by atoms with Crippen molar-refractivity contribution < 1.29 is 0 Å². The van der Waals surface area contributed by atoms with Crippen molar-refractivity contribution in [2.75, 3.05) is 0 Å². The second-order valence-electron chi connectivity index (χ2n) is 2.68. The van der Waals surface area contributed by atoms with Gasteiger partial charge in [0.25, 0.3) is 0 Å². The average molecular weight is 114 g/mol. The molecule has 2 heteroatoms. The zero-order chi connectivity index (χ0) is 5.98. The normalized spacial score (nSPS) is 38.2. The van der Waals surface area contributed by atoms with Crippen molar-refractivity contribution in [2.24, 2.45) is 11.8 Å². The lowest BCUT2D eigenvalue weighted by Crippen LogP contribution is -2.36. The Morgan fingerprint density at radius 2 is 2.25 bits per heavy atom. The number of nitrogens with two attached hydrogens (primary N) is 1. The van der Waals surface area contributed by atoms with Gasteiger partial charge in [-0.3, -0.25) is 11.3 Å². The highest BCUT2D eigenvalue weighted by atomic mass is 15.2. The first-order valence-electron chi connectivity index (χ1n) is 3.30. The molecule has 1 aliphatic rings. The molecule has 0 bridgehead atoms. The van der Waals surface area contributed by atoms with Gasteiger partial charge < -0.3 is 0 Å². The summed E-state index contributed by atoms with van der Waals surface area (Å²) in [5.41, 5.74) is 2.81. The van der Waals surface area contributed by atoms with Crippen molar-refractivity contribution in [3.8, 4) is 0 Å². The Bertz CT molecular complexity index is 72.9. The molecule has 1 rings (SSSR count). The lowest BCUT2D eigenvalue weighted by atomic mass is 10.1. The van der Waals surface area contributed by atoms with E-state index in [4.69, 9.17) is 5.84 Å². The number of hydrogen-bond donors (Lipinski definition) is 2. The number of rotatable bonds is 1. The van der Waals surface area contributed by atoms with Crippen LogP contribution < -0.4 is 11.3 Å². The molecule has 0 saturated heterocycles. The van der Waals surface area contributed by atoms with Crippen LogP contribution in [-0.2, 0) is 0 Å². The second-order valence-corrected chi connectivity index (χ2v) is 2.68. The van der Waals surface area contributed by atoms with Crippen molar-refractivity contribution in [3.05, 3.63) is 0 Å². The van der Waals surface area contributed by atoms with E-state index in [9.17, 15) is 0 Å². The summed E-state index contributed by atoms with van der Waals surface area (Å²) in [5, 5.41) is 0. The maximum Gasteiger partial charge on any atom is 0.0236 e. The third-order valence-electron chi connectivity index (χ3n) is 2.08. The molecule has 2 atom stereocenters. The van der Waals surface area contributed by atoms with Crippen molar-refractivity contribution in [1.29, 1.82) is 0 Å². The molecule has 2 nitrogen and oxygen atoms in total. The maximum absolute atomic E-state index is 5.27. The average Bonchev–Trinajstić information content (AvgIpc) is 2.14. The van der Waals surface area contributed by atoms with Crippen molar-refractivity contribution in [2.45, 2.75) is 32.2 Å². The van der Waals surface area contributed by atoms with Crippen molar-refractivity contribution in [3.63, 3.8) is 0 Å². The van der Waals surface area contributed by atoms with Gasteiger partial charge in [0.2, 0.25) is 0 Å². The van der Waals surface area contributed by atoms with E-state index in [0.717, 1.165) is 5.92 Å². The molecule has 0 spiro atoms. The van der Waals surface area contributed by atoms with Gasteiger partial charge in [0.1, 0.15) is 0 Å². The van der Waals surface area contributed by atoms with Crippen LogP contribution in [0.25, 0.3) is 0 Å². The minimum atomic E-state index is 0.593. The highest BCUT2D eigenvalue weighted by Crippen LogP contribution is 2.23. The summed E-state index contributed by atoms with van der Waals surface area (Å²) in [5.74, 6) is 6.07. The Morgan fingerprint density at radius 3 is 2.50 bits per heavy atom. The van der Waals surface area contributed by atoms with Crippen molar-refractivity contribution >= 4 is 0 Å². The molecule has 0 aromatic rings. The summed E-state index contributed by atoms with van der Waals surface area (Å²) >= 11 is 0. The van der Waals surface area contributed by atoms with Crippen LogP contribution in [-0.4, -0.2) is 6.04 Å². The van der Waals surface area contributed by atoms with Crippen LogP contribution in [0.15, 0.2) is 0 Å². The summed E-state index contributed by atoms with van der Waals surface area (Å²) in [6.45, 7) is 2.25. The predicted molar refractivity (Wildman–Crippen MR) is 34.1 cm³/mol. The predicted octanol–water partition coefficient (Wildman–Crippen LogP) is 0.638. The third kappa shape index (κ3) is 1.01. The standard InChI is InChI=1S/C6H14N2/c1-5-3-2-4-6(5)8-7/h5-6,8H,2-4,7H2,1H3/t5-,6-/m0/s1. The monoisotopic (exact) mass is 114 g/mol. The second kappa shape index (κ2) is 2.46. The molecule has 1 fully saturated rings. The topological polar surface area (TPSA) is 38.0 Å². The van der Waals surface area contributed by atoms with Crippen molar-refractivity contribution in [1.82, 2.24) is 5.43 Å². The van der Waals surface area contributed by atoms with Gasteiger partial charge in [0, 0.05) is 6.04 Å². The van der Waals surface area contributed by atoms with Crippen LogP contribution in [0.2, 0.25) is 0 Å². The molecular weight excluding hydrogens is 100 g/mol. The Balaban J connectivity index is 2.30. The Morgan fingerprint density at radius 1 is 1.50 bits per heavy atom. The van der Waals surface area contributed by atoms with E-state index in [1.807, 2.05) is 0 Å². The highest BCUT2D eigenvalue weighted by molar-refractivity contribution is 4.77. The van der Waals surface area contributed by atoms with Crippen LogP contribution in [0.4, 0.5) is 0 Å². The summed E-state index contributed by atoms with van der Waals surface area (Å²) < 4.78 is 0. The van der Waals surface area contributed by atoms with Crippen LogP contribution in [0, 0.1) is 5.92 Å². The van der Waals surface area contributed by atoms with Crippen LogP contribution in [0.1, 0.15) is 26.2 Å². The Kier molecular flexibility index (Phi) is 1.86. The van der Waals surface area contributed by atoms with Gasteiger partial charge in [-0.15, -0.1) is 0 Å². The summed E-state index contributed by atoms with van der Waals surface area (Å²) in [6.07, 6.45) is 3.95. The van der Waals surface area contributed by atoms with E-state index in [0.29, 0.717) is 6.04 Å². The quantitative estimate of drug-likeness (QED) is 0.388. The summed E-state index contributed by atoms with van der Waals surface area (Å²) in [4.78, 5) is 0. The van der Waals surface area contributed by atoms with Gasteiger partial charge in [-0.05, 0) is 18.8 Å². The first-order valence-corrected chi connectivity index (χ1v) is 3.30. The molecule has 1 aliphatic carbocycles. The van der Waals surface area contributed by atoms with E-state index >= 15 is 0 Å². The van der Waals surface area contributed by atoms with Crippen LogP contribution in [0.3, 0.4) is 0 Å². The van der Waals surface area contributed by atoms with E-state index in [1.165, 1.54) is 19.3 Å². The first-order chi connectivity index (χ1) is 3.84. The molecular formula is C6H14N2. The highest BCUT2D eigenvalue weighted by Gasteiger charge is 2.20. The van der Waals surface area contributed by atoms with Gasteiger partial charge in [-0.2, -0.15) is 0 Å². The molecule has 8 heavy (non-hydrogen) atoms. The lowest BCUT2D eigenvalue weighted by molar-refractivity contribution is 0.437. The molecule has 0 amide bonds. The largest absolute Gasteiger partial charge is 0.271 e. The SMILES string of the molecule is C[C@H]1CCC[C@@H]1NN. The maximum atomic E-state index is 5.27. The Hall–Kier alpha value is -0.0800. The van der Waals surface area contributed by atoms with Gasteiger partial charge in [0.05, 0.1) is 0 Å². The fourth-order valence-electron chi connectivity index (χ4n) is 1.39. The van der Waals surface area contributed by atoms with E-state index < -0.39 is 0 Å². The van der Waals surface area contributed by atoms with Gasteiger partial charge in [-0.25, -0.2) is 0 Å². The van der Waals surface area contributed by atoms with Gasteiger partial charge in [-0.1, -0.05) is 13.3 Å². The molecule has 0 radical (unpaired) electrons. The van der Waals surface area contributed by atoms with Gasteiger partial charge >= 0.3 is 0 Å².